The topological polar surface area (TPSA) is 103 Å². The molecule has 0 heterocycles. The second-order valence-electron chi connectivity index (χ2n) is 6.46. The second kappa shape index (κ2) is 9.61. The number of amides is 2. The number of carbonyl (C=O) groups is 2. The molecule has 152 valence electrons. The van der Waals surface area contributed by atoms with E-state index in [2.05, 4.69) is 15.7 Å². The second-order valence-corrected chi connectivity index (χ2v) is 7.24. The van der Waals surface area contributed by atoms with Crippen LogP contribution in [0.5, 0.6) is 5.75 Å². The average Bonchev–Trinajstić information content (AvgIpc) is 2.68. The summed E-state index contributed by atoms with van der Waals surface area (Å²) in [5, 5.41) is 19.8. The maximum absolute atomic E-state index is 12.5. The van der Waals surface area contributed by atoms with Crippen molar-refractivity contribution >= 4 is 40.7 Å². The number of halogens is 2. The van der Waals surface area contributed by atoms with Gasteiger partial charge in [-0.1, -0.05) is 35.3 Å². The van der Waals surface area contributed by atoms with E-state index in [4.69, 9.17) is 29.8 Å². The van der Waals surface area contributed by atoms with E-state index < -0.39 is 23.8 Å². The van der Waals surface area contributed by atoms with Gasteiger partial charge in [0.1, 0.15) is 5.75 Å². The van der Waals surface area contributed by atoms with Gasteiger partial charge in [-0.15, -0.1) is 0 Å². The van der Waals surface area contributed by atoms with Crippen LogP contribution in [-0.2, 0) is 11.2 Å². The molecule has 29 heavy (non-hydrogen) atoms. The van der Waals surface area contributed by atoms with Crippen LogP contribution < -0.4 is 10.9 Å². The van der Waals surface area contributed by atoms with Gasteiger partial charge in [0.15, 0.2) is 0 Å². The van der Waals surface area contributed by atoms with Gasteiger partial charge in [0, 0.05) is 5.56 Å². The maximum atomic E-state index is 12.5. The Bertz CT molecular complexity index is 986. The summed E-state index contributed by atoms with van der Waals surface area (Å²) in [4.78, 5) is 28.0. The molecule has 0 unspecified atom stereocenters. The lowest BCUT2D eigenvalue weighted by molar-refractivity contribution is -0.128. The molecule has 2 aromatic rings. The minimum atomic E-state index is -1.01. The van der Waals surface area contributed by atoms with Crippen LogP contribution in [0.15, 0.2) is 30.3 Å². The molecule has 2 atom stereocenters. The van der Waals surface area contributed by atoms with Crippen molar-refractivity contribution in [2.75, 3.05) is 0 Å². The molecule has 0 radical (unpaired) electrons. The summed E-state index contributed by atoms with van der Waals surface area (Å²) in [6, 6.07) is 7.12. The average molecular weight is 436 g/mol. The largest absolute Gasteiger partial charge is 0.506 e. The van der Waals surface area contributed by atoms with Crippen molar-refractivity contribution in [1.29, 1.82) is 0 Å². The molecule has 2 aromatic carbocycles. The van der Waals surface area contributed by atoms with Crippen LogP contribution in [0.1, 0.15) is 28.4 Å². The molecule has 0 aliphatic heterocycles. The highest BCUT2D eigenvalue weighted by Gasteiger charge is 2.26. The highest BCUT2D eigenvalue weighted by molar-refractivity contribution is 6.34. The van der Waals surface area contributed by atoms with Gasteiger partial charge in [-0.05, 0) is 49.6 Å². The quantitative estimate of drug-likeness (QED) is 0.425. The van der Waals surface area contributed by atoms with Crippen molar-refractivity contribution < 1.29 is 19.8 Å². The molecule has 0 saturated carbocycles. The molecular formula is C20H19Cl2N3O4. The van der Waals surface area contributed by atoms with E-state index in [1.54, 1.807) is 19.1 Å². The van der Waals surface area contributed by atoms with Crippen LogP contribution in [0.4, 0.5) is 5.69 Å². The first kappa shape index (κ1) is 22.5. The van der Waals surface area contributed by atoms with Gasteiger partial charge in [0.25, 0.3) is 5.91 Å². The lowest BCUT2D eigenvalue weighted by Gasteiger charge is -2.21. The van der Waals surface area contributed by atoms with Gasteiger partial charge in [0.2, 0.25) is 11.6 Å². The fraction of sp³-hybridized carbons (Fsp3) is 0.250. The summed E-state index contributed by atoms with van der Waals surface area (Å²) in [6.45, 7) is 10.3. The van der Waals surface area contributed by atoms with Crippen LogP contribution >= 0.6 is 23.2 Å². The molecular weight excluding hydrogens is 417 g/mol. The van der Waals surface area contributed by atoms with Gasteiger partial charge in [-0.2, -0.15) is 0 Å². The Hall–Kier alpha value is -2.79. The third-order valence-corrected chi connectivity index (χ3v) is 5.25. The molecule has 4 N–H and O–H groups in total. The maximum Gasteiger partial charge on any atom is 0.269 e. The number of hydrogen-bond acceptors (Lipinski definition) is 4. The zero-order valence-corrected chi connectivity index (χ0v) is 17.2. The number of hydrogen-bond donors (Lipinski definition) is 4. The predicted molar refractivity (Wildman–Crippen MR) is 110 cm³/mol. The summed E-state index contributed by atoms with van der Waals surface area (Å²) in [7, 11) is 0. The minimum Gasteiger partial charge on any atom is -0.506 e. The Morgan fingerprint density at radius 2 is 1.90 bits per heavy atom. The molecule has 0 spiro atoms. The van der Waals surface area contributed by atoms with Gasteiger partial charge in [-0.3, -0.25) is 20.4 Å². The van der Waals surface area contributed by atoms with Crippen molar-refractivity contribution in [3.8, 4) is 5.75 Å². The zero-order chi connectivity index (χ0) is 21.7. The standard InChI is InChI=1S/C20H19Cl2N3O4/c1-10-12(4-6-16(23-3)18(10)22)8-14(11(2)26)20(29)25-24-19(28)13-5-7-17(27)15(21)9-13/h4-7,9,11,14,26-27H,8H2,1-2H3,(H,24,28)(H,25,29)/t11-,14+/m0/s1. The molecule has 0 aromatic heterocycles. The van der Waals surface area contributed by atoms with Gasteiger partial charge in [0.05, 0.1) is 28.6 Å². The summed E-state index contributed by atoms with van der Waals surface area (Å²) < 4.78 is 0. The van der Waals surface area contributed by atoms with E-state index >= 15 is 0 Å². The van der Waals surface area contributed by atoms with Gasteiger partial charge >= 0.3 is 0 Å². The summed E-state index contributed by atoms with van der Waals surface area (Å²) in [5.41, 5.74) is 6.35. The number of carbonyl (C=O) groups excluding carboxylic acids is 2. The fourth-order valence-corrected chi connectivity index (χ4v) is 3.08. The van der Waals surface area contributed by atoms with E-state index in [1.807, 2.05) is 0 Å². The van der Waals surface area contributed by atoms with Crippen LogP contribution in [0, 0.1) is 19.4 Å². The summed E-state index contributed by atoms with van der Waals surface area (Å²) in [5.74, 6) is -2.26. The van der Waals surface area contributed by atoms with Crippen molar-refractivity contribution in [3.05, 3.63) is 68.5 Å². The number of nitrogens with zero attached hydrogens (tertiary/aromatic N) is 1. The Kier molecular flexibility index (Phi) is 7.46. The first-order valence-corrected chi connectivity index (χ1v) is 9.33. The van der Waals surface area contributed by atoms with E-state index in [9.17, 15) is 19.8 Å². The Balaban J connectivity index is 2.10. The van der Waals surface area contributed by atoms with E-state index in [0.29, 0.717) is 21.8 Å². The van der Waals surface area contributed by atoms with Crippen molar-refractivity contribution in [3.63, 3.8) is 0 Å². The number of rotatable bonds is 5. The molecule has 2 amide bonds. The molecule has 0 aliphatic carbocycles. The van der Waals surface area contributed by atoms with E-state index in [1.165, 1.54) is 25.1 Å². The van der Waals surface area contributed by atoms with Crippen LogP contribution in [0.25, 0.3) is 4.85 Å². The predicted octanol–water partition coefficient (Wildman–Crippen LogP) is 3.56. The SMILES string of the molecule is [C-]#[N+]c1ccc(C[C@@H](C(=O)NNC(=O)c2ccc(O)c(Cl)c2)[C@H](C)O)c(C)c1Cl. The number of nitrogens with one attached hydrogen (secondary N) is 2. The lowest BCUT2D eigenvalue weighted by Crippen LogP contribution is -2.47. The first-order chi connectivity index (χ1) is 13.6. The van der Waals surface area contributed by atoms with Crippen molar-refractivity contribution in [1.82, 2.24) is 10.9 Å². The van der Waals surface area contributed by atoms with Crippen LogP contribution in [0.2, 0.25) is 10.0 Å². The monoisotopic (exact) mass is 435 g/mol. The fourth-order valence-electron chi connectivity index (χ4n) is 2.67. The van der Waals surface area contributed by atoms with Gasteiger partial charge in [-0.25, -0.2) is 4.85 Å². The molecule has 7 nitrogen and oxygen atoms in total. The molecule has 0 fully saturated rings. The third-order valence-electron chi connectivity index (χ3n) is 4.47. The zero-order valence-electron chi connectivity index (χ0n) is 15.7. The Morgan fingerprint density at radius 3 is 2.48 bits per heavy atom. The number of phenols is 1. The lowest BCUT2D eigenvalue weighted by atomic mass is 9.91. The molecule has 2 rings (SSSR count). The van der Waals surface area contributed by atoms with Gasteiger partial charge < -0.3 is 10.2 Å². The number of phenolic OH excluding ortho intramolecular Hbond substituents is 1. The molecule has 0 saturated heterocycles. The summed E-state index contributed by atoms with van der Waals surface area (Å²) in [6.07, 6.45) is -0.845. The van der Waals surface area contributed by atoms with Crippen molar-refractivity contribution in [2.24, 2.45) is 5.92 Å². The van der Waals surface area contributed by atoms with Crippen molar-refractivity contribution in [2.45, 2.75) is 26.4 Å². The Labute approximate surface area is 178 Å². The number of hydrazine groups is 1. The normalized spacial score (nSPS) is 12.6. The Morgan fingerprint density at radius 1 is 1.21 bits per heavy atom. The van der Waals surface area contributed by atoms with Crippen LogP contribution in [0.3, 0.4) is 0 Å². The van der Waals surface area contributed by atoms with Crippen LogP contribution in [-0.4, -0.2) is 28.1 Å². The highest BCUT2D eigenvalue weighted by atomic mass is 35.5. The number of aliphatic hydroxyl groups excluding tert-OH is 1. The smallest absolute Gasteiger partial charge is 0.269 e. The van der Waals surface area contributed by atoms with E-state index in [0.717, 1.165) is 0 Å². The number of aliphatic hydroxyl groups is 1. The summed E-state index contributed by atoms with van der Waals surface area (Å²) >= 11 is 11.9. The first-order valence-electron chi connectivity index (χ1n) is 8.58. The highest BCUT2D eigenvalue weighted by Crippen LogP contribution is 2.32. The number of benzene rings is 2. The minimum absolute atomic E-state index is 0.000971. The molecule has 0 bridgehead atoms. The molecule has 0 aliphatic rings. The number of aromatic hydroxyl groups is 1. The van der Waals surface area contributed by atoms with E-state index in [-0.39, 0.29) is 22.8 Å². The third kappa shape index (κ3) is 5.39. The molecule has 9 heteroatoms.